The second-order valence-corrected chi connectivity index (χ2v) is 5.76. The van der Waals surface area contributed by atoms with Crippen molar-refractivity contribution in [2.75, 3.05) is 26.1 Å². The van der Waals surface area contributed by atoms with Gasteiger partial charge in [-0.2, -0.15) is 0 Å². The van der Waals surface area contributed by atoms with E-state index in [1.165, 1.54) is 20.3 Å². The number of hydrogen-bond donors (Lipinski definition) is 1. The second-order valence-electron chi connectivity index (χ2n) is 5.32. The molecule has 9 nitrogen and oxygen atoms in total. The number of hydrogen-bond acceptors (Lipinski definition) is 7. The number of nitrogens with one attached hydrogen (secondary N) is 1. The Balaban J connectivity index is 1.72. The van der Waals surface area contributed by atoms with Gasteiger partial charge in [0.1, 0.15) is 16.8 Å². The minimum atomic E-state index is -0.504. The van der Waals surface area contributed by atoms with E-state index >= 15 is 0 Å². The van der Waals surface area contributed by atoms with Gasteiger partial charge >= 0.3 is 5.97 Å². The van der Waals surface area contributed by atoms with Crippen LogP contribution in [-0.4, -0.2) is 47.9 Å². The van der Waals surface area contributed by atoms with Crippen LogP contribution in [0.25, 0.3) is 11.0 Å². The summed E-state index contributed by atoms with van der Waals surface area (Å²) >= 11 is 5.93. The van der Waals surface area contributed by atoms with Crippen molar-refractivity contribution in [1.82, 2.24) is 15.2 Å². The van der Waals surface area contributed by atoms with Gasteiger partial charge in [-0.05, 0) is 41.6 Å². The monoisotopic (exact) mass is 390 g/mol. The van der Waals surface area contributed by atoms with E-state index in [0.29, 0.717) is 33.1 Å². The Hall–Kier alpha value is -3.33. The molecule has 10 heteroatoms. The van der Waals surface area contributed by atoms with Crippen LogP contribution in [0.5, 0.6) is 5.75 Å². The maximum atomic E-state index is 12.2. The highest BCUT2D eigenvalue weighted by molar-refractivity contribution is 6.31. The van der Waals surface area contributed by atoms with Gasteiger partial charge in [0.05, 0.1) is 25.5 Å². The van der Waals surface area contributed by atoms with Gasteiger partial charge in [-0.3, -0.25) is 4.79 Å². The van der Waals surface area contributed by atoms with Crippen molar-refractivity contribution in [3.63, 3.8) is 0 Å². The molecule has 0 atom stereocenters. The molecule has 0 spiro atoms. The number of methoxy groups -OCH3 is 2. The molecular weight excluding hydrogens is 376 g/mol. The predicted molar refractivity (Wildman–Crippen MR) is 96.9 cm³/mol. The van der Waals surface area contributed by atoms with E-state index < -0.39 is 11.9 Å². The van der Waals surface area contributed by atoms with Crippen LogP contribution >= 0.6 is 11.6 Å². The van der Waals surface area contributed by atoms with Crippen LogP contribution in [0.2, 0.25) is 5.02 Å². The molecule has 0 bridgehead atoms. The van der Waals surface area contributed by atoms with Crippen molar-refractivity contribution in [1.29, 1.82) is 0 Å². The van der Waals surface area contributed by atoms with E-state index in [1.54, 1.807) is 30.3 Å². The molecule has 0 saturated carbocycles. The summed E-state index contributed by atoms with van der Waals surface area (Å²) in [5.41, 5.74) is 1.64. The van der Waals surface area contributed by atoms with Gasteiger partial charge in [0.2, 0.25) is 0 Å². The molecule has 0 fully saturated rings. The Labute approximate surface area is 158 Å². The fraction of sp³-hybridized carbons (Fsp3) is 0.176. The number of esters is 1. The third-order valence-electron chi connectivity index (χ3n) is 3.59. The molecule has 1 aromatic heterocycles. The first kappa shape index (κ1) is 18.5. The summed E-state index contributed by atoms with van der Waals surface area (Å²) in [6.07, 6.45) is 0. The van der Waals surface area contributed by atoms with Crippen molar-refractivity contribution >= 4 is 40.2 Å². The Morgan fingerprint density at radius 1 is 1.19 bits per heavy atom. The van der Waals surface area contributed by atoms with Gasteiger partial charge in [-0.15, -0.1) is 5.10 Å². The van der Waals surface area contributed by atoms with Crippen LogP contribution in [0.1, 0.15) is 10.4 Å². The first-order valence-electron chi connectivity index (χ1n) is 7.72. The molecule has 0 aliphatic rings. The molecular formula is C17H15ClN4O5. The fourth-order valence-electron chi connectivity index (χ4n) is 2.32. The number of carbonyl (C=O) groups is 2. The lowest BCUT2D eigenvalue weighted by Crippen LogP contribution is -2.26. The van der Waals surface area contributed by atoms with Crippen molar-refractivity contribution in [2.24, 2.45) is 0 Å². The molecule has 1 amide bonds. The van der Waals surface area contributed by atoms with Crippen LogP contribution < -0.4 is 14.9 Å². The Kier molecular flexibility index (Phi) is 5.41. The highest BCUT2D eigenvalue weighted by atomic mass is 35.5. The lowest BCUT2D eigenvalue weighted by atomic mass is 10.2. The Morgan fingerprint density at radius 3 is 2.74 bits per heavy atom. The minimum absolute atomic E-state index is 0.310. The maximum Gasteiger partial charge on any atom is 0.337 e. The molecule has 0 aliphatic carbocycles. The average Bonchev–Trinajstić information content (AvgIpc) is 3.08. The molecule has 0 radical (unpaired) electrons. The van der Waals surface area contributed by atoms with Gasteiger partial charge in [0, 0.05) is 5.02 Å². The number of nitrogens with zero attached hydrogens (tertiary/aromatic N) is 3. The van der Waals surface area contributed by atoms with Crippen LogP contribution in [0.15, 0.2) is 36.4 Å². The summed E-state index contributed by atoms with van der Waals surface area (Å²) in [6.45, 7) is -0.351. The second kappa shape index (κ2) is 7.92. The number of carbonyl (C=O) groups excluding carboxylic acids is 2. The normalized spacial score (nSPS) is 10.5. The van der Waals surface area contributed by atoms with Gasteiger partial charge in [-0.25, -0.2) is 4.79 Å². The van der Waals surface area contributed by atoms with E-state index in [1.807, 2.05) is 0 Å². The van der Waals surface area contributed by atoms with Gasteiger partial charge in [-0.1, -0.05) is 16.4 Å². The number of anilines is 1. The number of rotatable bonds is 6. The molecule has 0 saturated heterocycles. The SMILES string of the molecule is COC(=O)c1ccc2nnn(OCC(=O)Nc3cc(Cl)ccc3OC)c2c1. The lowest BCUT2D eigenvalue weighted by Gasteiger charge is -2.11. The highest BCUT2D eigenvalue weighted by Gasteiger charge is 2.13. The lowest BCUT2D eigenvalue weighted by molar-refractivity contribution is -0.121. The van der Waals surface area contributed by atoms with Gasteiger partial charge in [0.25, 0.3) is 5.91 Å². The first-order chi connectivity index (χ1) is 13.0. The maximum absolute atomic E-state index is 12.2. The molecule has 1 N–H and O–H groups in total. The summed E-state index contributed by atoms with van der Waals surface area (Å²) in [5, 5.41) is 10.8. The molecule has 3 rings (SSSR count). The number of amides is 1. The number of aromatic nitrogens is 3. The summed E-state index contributed by atoms with van der Waals surface area (Å²) in [7, 11) is 2.77. The Morgan fingerprint density at radius 2 is 2.00 bits per heavy atom. The average molecular weight is 391 g/mol. The van der Waals surface area contributed by atoms with Crippen LogP contribution in [0.4, 0.5) is 5.69 Å². The predicted octanol–water partition coefficient (Wildman–Crippen LogP) is 1.95. The topological polar surface area (TPSA) is 105 Å². The van der Waals surface area contributed by atoms with E-state index in [9.17, 15) is 9.59 Å². The largest absolute Gasteiger partial charge is 0.495 e. The molecule has 1 heterocycles. The first-order valence-corrected chi connectivity index (χ1v) is 8.10. The number of halogens is 1. The van der Waals surface area contributed by atoms with Crippen molar-refractivity contribution in [3.05, 3.63) is 47.0 Å². The third kappa shape index (κ3) is 4.09. The van der Waals surface area contributed by atoms with Crippen LogP contribution in [0.3, 0.4) is 0 Å². The van der Waals surface area contributed by atoms with Gasteiger partial charge in [0.15, 0.2) is 6.61 Å². The number of fused-ring (bicyclic) bond motifs is 1. The molecule has 0 unspecified atom stereocenters. The molecule has 0 aliphatic heterocycles. The van der Waals surface area contributed by atoms with Crippen LogP contribution in [0, 0.1) is 0 Å². The summed E-state index contributed by atoms with van der Waals surface area (Å²) < 4.78 is 9.85. The standard InChI is InChI=1S/C17H15ClN4O5/c1-25-15-6-4-11(18)8-13(15)19-16(23)9-27-22-14-7-10(17(24)26-2)3-5-12(14)20-21-22/h3-8H,9H2,1-2H3,(H,19,23). The summed E-state index contributed by atoms with van der Waals surface area (Å²) in [6, 6.07) is 9.52. The zero-order valence-electron chi connectivity index (χ0n) is 14.4. The number of ether oxygens (including phenoxy) is 2. The fourth-order valence-corrected chi connectivity index (χ4v) is 2.49. The smallest absolute Gasteiger partial charge is 0.337 e. The zero-order chi connectivity index (χ0) is 19.4. The number of benzene rings is 2. The van der Waals surface area contributed by atoms with E-state index in [4.69, 9.17) is 21.2 Å². The molecule has 140 valence electrons. The third-order valence-corrected chi connectivity index (χ3v) is 3.82. The molecule has 3 aromatic rings. The Bertz CT molecular complexity index is 1000. The van der Waals surface area contributed by atoms with Crippen molar-refractivity contribution in [3.8, 4) is 5.75 Å². The quantitative estimate of drug-likeness (QED) is 0.641. The summed E-state index contributed by atoms with van der Waals surface area (Å²) in [4.78, 5) is 30.3. The zero-order valence-corrected chi connectivity index (χ0v) is 15.2. The highest BCUT2D eigenvalue weighted by Crippen LogP contribution is 2.27. The van der Waals surface area contributed by atoms with E-state index in [2.05, 4.69) is 20.4 Å². The van der Waals surface area contributed by atoms with Gasteiger partial charge < -0.3 is 19.6 Å². The molecule has 27 heavy (non-hydrogen) atoms. The summed E-state index contributed by atoms with van der Waals surface area (Å²) in [5.74, 6) is -0.500. The van der Waals surface area contributed by atoms with Crippen molar-refractivity contribution in [2.45, 2.75) is 0 Å². The van der Waals surface area contributed by atoms with Crippen molar-refractivity contribution < 1.29 is 23.9 Å². The van der Waals surface area contributed by atoms with Crippen LogP contribution in [-0.2, 0) is 9.53 Å². The van der Waals surface area contributed by atoms with E-state index in [-0.39, 0.29) is 6.61 Å². The minimum Gasteiger partial charge on any atom is -0.495 e. The molecule has 2 aromatic carbocycles. The van der Waals surface area contributed by atoms with E-state index in [0.717, 1.165) is 4.85 Å².